The second-order valence-corrected chi connectivity index (χ2v) is 11.6. The van der Waals surface area contributed by atoms with E-state index in [1.807, 2.05) is 24.3 Å². The molecule has 1 amide bonds. The Hall–Kier alpha value is -3.01. The van der Waals surface area contributed by atoms with Crippen molar-refractivity contribution in [2.24, 2.45) is 0 Å². The van der Waals surface area contributed by atoms with Gasteiger partial charge in [0.05, 0.1) is 17.5 Å². The molecule has 0 atom stereocenters. The van der Waals surface area contributed by atoms with E-state index in [0.29, 0.717) is 27.8 Å². The van der Waals surface area contributed by atoms with E-state index in [2.05, 4.69) is 37.7 Å². The van der Waals surface area contributed by atoms with Gasteiger partial charge < -0.3 is 9.73 Å². The van der Waals surface area contributed by atoms with Gasteiger partial charge in [0.25, 0.3) is 5.91 Å². The third-order valence-electron chi connectivity index (χ3n) is 5.61. The fraction of sp³-hybridized carbons (Fsp3) is 0.115. The van der Waals surface area contributed by atoms with Gasteiger partial charge in [-0.2, -0.15) is 0 Å². The van der Waals surface area contributed by atoms with Gasteiger partial charge in [0, 0.05) is 63.4 Å². The fourth-order valence-corrected chi connectivity index (χ4v) is 4.80. The van der Waals surface area contributed by atoms with Crippen LogP contribution in [0, 0.1) is 17.0 Å². The Morgan fingerprint density at radius 3 is 2.47 bits per heavy atom. The van der Waals surface area contributed by atoms with Crippen molar-refractivity contribution >= 4 is 62.7 Å². The van der Waals surface area contributed by atoms with Crippen molar-refractivity contribution in [2.45, 2.75) is 0 Å². The second-order valence-electron chi connectivity index (χ2n) is 7.87. The Balaban J connectivity index is 2.06. The minimum atomic E-state index is -3.62. The van der Waals surface area contributed by atoms with Crippen molar-refractivity contribution in [1.82, 2.24) is 5.32 Å². The maximum absolute atomic E-state index is 13.6. The first-order chi connectivity index (χ1) is 17.1. The average molecular weight is 634 g/mol. The number of nitrogens with zero attached hydrogens (tertiary/aromatic N) is 1. The molecule has 0 saturated carbocycles. The van der Waals surface area contributed by atoms with Gasteiger partial charge in [0.15, 0.2) is 0 Å². The zero-order valence-electron chi connectivity index (χ0n) is 19.4. The molecule has 0 aliphatic carbocycles. The van der Waals surface area contributed by atoms with Crippen LogP contribution in [-0.4, -0.2) is 34.7 Å². The summed E-state index contributed by atoms with van der Waals surface area (Å²) in [6, 6.07) is 16.4. The first-order valence-corrected chi connectivity index (χ1v) is 15.8. The number of amides is 1. The van der Waals surface area contributed by atoms with Gasteiger partial charge in [0.2, 0.25) is 10.0 Å². The molecule has 0 radical (unpaired) electrons. The number of hydrogen-bond acceptors (Lipinski definition) is 5. The number of fused-ring (bicyclic) bond motifs is 1. The number of furan rings is 1. The molecule has 4 rings (SSSR count). The minimum absolute atomic E-state index is 0.258. The molecular weight excluding hydrogens is 614 g/mol. The fourth-order valence-electron chi connectivity index (χ4n) is 3.80. The topological polar surface area (TPSA) is 79.6 Å². The van der Waals surface area contributed by atoms with Gasteiger partial charge in [-0.1, -0.05) is 18.1 Å². The molecule has 0 spiro atoms. The predicted molar refractivity (Wildman–Crippen MR) is 152 cm³/mol. The Morgan fingerprint density at radius 1 is 1.11 bits per heavy atom. The number of carbonyl (C=O) groups is 1. The Kier molecular flexibility index (Phi) is 7.63. The summed E-state index contributed by atoms with van der Waals surface area (Å²) < 4.78 is 45.8. The number of halogens is 2. The number of sulfonamides is 1. The number of benzene rings is 3. The van der Waals surface area contributed by atoms with Crippen LogP contribution in [0.15, 0.2) is 65.1 Å². The van der Waals surface area contributed by atoms with Crippen molar-refractivity contribution in [1.29, 1.82) is 0 Å². The molecule has 4 aromatic rings. The summed E-state index contributed by atoms with van der Waals surface area (Å²) in [5.41, 5.74) is 3.54. The highest BCUT2D eigenvalue weighted by Gasteiger charge is 2.26. The zero-order valence-corrected chi connectivity index (χ0v) is 23.2. The van der Waals surface area contributed by atoms with Gasteiger partial charge >= 0.3 is 0 Å². The van der Waals surface area contributed by atoms with Crippen molar-refractivity contribution in [3.8, 4) is 33.6 Å². The van der Waals surface area contributed by atoms with Crippen LogP contribution in [-0.2, 0) is 10.0 Å². The Labute approximate surface area is 224 Å². The Bertz CT molecular complexity index is 1640. The molecule has 0 saturated heterocycles. The largest absolute Gasteiger partial charge is 0.455 e. The molecule has 1 heterocycles. The van der Waals surface area contributed by atoms with Crippen LogP contribution in [0.1, 0.15) is 15.9 Å². The van der Waals surface area contributed by atoms with E-state index in [1.54, 1.807) is 12.1 Å². The summed E-state index contributed by atoms with van der Waals surface area (Å²) in [5.74, 6) is 2.50. The quantitative estimate of drug-likeness (QED) is 0.214. The molecule has 0 aliphatic heterocycles. The lowest BCUT2D eigenvalue weighted by atomic mass is 9.97. The molecule has 0 bridgehead atoms. The van der Waals surface area contributed by atoms with E-state index < -0.39 is 15.8 Å². The highest BCUT2D eigenvalue weighted by atomic mass is 127. The molecule has 6 nitrogen and oxygen atoms in total. The number of anilines is 1. The average Bonchev–Trinajstić information content (AvgIpc) is 3.24. The number of carbonyl (C=O) groups excluding carboxylic acids is 1. The minimum Gasteiger partial charge on any atom is -0.455 e. The molecule has 3 aromatic carbocycles. The summed E-state index contributed by atoms with van der Waals surface area (Å²) in [6.07, 6.45) is 1.11. The van der Waals surface area contributed by atoms with Crippen molar-refractivity contribution in [3.05, 3.63) is 77.6 Å². The standard InChI is InChI=1S/C26H20FIN2O4S2/c1-29-26(31)24-21-14-20(18-6-4-5-16(13-18)11-12-35-28)22(30(2)36(3,32)33)15-23(21)34-25(24)17-7-9-19(27)10-8-17/h4-10,13-15H,1-3H3,(H,29,31). The highest BCUT2D eigenvalue weighted by molar-refractivity contribution is 14.2. The van der Waals surface area contributed by atoms with E-state index in [1.165, 1.54) is 51.6 Å². The maximum atomic E-state index is 13.6. The van der Waals surface area contributed by atoms with Crippen LogP contribution in [0.5, 0.6) is 0 Å². The third kappa shape index (κ3) is 5.23. The molecule has 10 heteroatoms. The summed E-state index contributed by atoms with van der Waals surface area (Å²) in [6.45, 7) is 0. The van der Waals surface area contributed by atoms with Gasteiger partial charge in [0.1, 0.15) is 17.2 Å². The van der Waals surface area contributed by atoms with Crippen LogP contribution in [0.25, 0.3) is 33.4 Å². The summed E-state index contributed by atoms with van der Waals surface area (Å²) in [7, 11) is 0.707. The van der Waals surface area contributed by atoms with Crippen LogP contribution in [0.4, 0.5) is 10.1 Å². The molecule has 36 heavy (non-hydrogen) atoms. The molecule has 0 unspecified atom stereocenters. The van der Waals surface area contributed by atoms with Crippen LogP contribution in [0.2, 0.25) is 0 Å². The maximum Gasteiger partial charge on any atom is 0.255 e. The lowest BCUT2D eigenvalue weighted by Gasteiger charge is -2.21. The lowest BCUT2D eigenvalue weighted by Crippen LogP contribution is -2.25. The predicted octanol–water partition coefficient (Wildman–Crippen LogP) is 6.05. The molecule has 1 N–H and O–H groups in total. The Morgan fingerprint density at radius 2 is 1.83 bits per heavy atom. The van der Waals surface area contributed by atoms with Gasteiger partial charge in [-0.05, 0) is 62.2 Å². The van der Waals surface area contributed by atoms with E-state index in [-0.39, 0.29) is 17.2 Å². The number of rotatable bonds is 5. The summed E-state index contributed by atoms with van der Waals surface area (Å²) >= 11 is 2.09. The number of hydrogen-bond donors (Lipinski definition) is 1. The van der Waals surface area contributed by atoms with Crippen LogP contribution >= 0.6 is 30.1 Å². The van der Waals surface area contributed by atoms with E-state index in [4.69, 9.17) is 4.42 Å². The summed E-state index contributed by atoms with van der Waals surface area (Å²) in [4.78, 5) is 13.0. The van der Waals surface area contributed by atoms with E-state index in [9.17, 15) is 17.6 Å². The van der Waals surface area contributed by atoms with Gasteiger partial charge in [-0.15, -0.1) is 0 Å². The van der Waals surface area contributed by atoms with Crippen LogP contribution < -0.4 is 9.62 Å². The normalized spacial score (nSPS) is 11.1. The first-order valence-electron chi connectivity index (χ1n) is 10.6. The second kappa shape index (κ2) is 10.5. The first kappa shape index (κ1) is 26.1. The lowest BCUT2D eigenvalue weighted by molar-refractivity contribution is 0.0964. The van der Waals surface area contributed by atoms with E-state index >= 15 is 0 Å². The van der Waals surface area contributed by atoms with Gasteiger partial charge in [-0.25, -0.2) is 12.8 Å². The number of nitrogens with one attached hydrogen (secondary N) is 1. The van der Waals surface area contributed by atoms with Crippen LogP contribution in [0.3, 0.4) is 0 Å². The molecular formula is C26H20FIN2O4S2. The molecule has 0 fully saturated rings. The highest BCUT2D eigenvalue weighted by Crippen LogP contribution is 2.41. The van der Waals surface area contributed by atoms with Crippen molar-refractivity contribution in [3.63, 3.8) is 0 Å². The van der Waals surface area contributed by atoms with E-state index in [0.717, 1.165) is 17.4 Å². The van der Waals surface area contributed by atoms with Gasteiger partial charge in [-0.3, -0.25) is 9.10 Å². The van der Waals surface area contributed by atoms with Crippen molar-refractivity contribution in [2.75, 3.05) is 24.7 Å². The smallest absolute Gasteiger partial charge is 0.255 e. The van der Waals surface area contributed by atoms with Crippen molar-refractivity contribution < 1.29 is 22.0 Å². The monoisotopic (exact) mass is 634 g/mol. The third-order valence-corrected chi connectivity index (χ3v) is 7.64. The summed E-state index contributed by atoms with van der Waals surface area (Å²) in [5, 5.41) is 6.07. The SMILES string of the molecule is CNC(=O)c1c(-c2ccc(F)cc2)oc2cc(N(C)S(C)(=O)=O)c(-c3cccc(C#CSI)c3)cc12. The molecule has 1 aromatic heterocycles. The zero-order chi connectivity index (χ0) is 26.0. The molecule has 184 valence electrons. The molecule has 0 aliphatic rings.